The normalized spacial score (nSPS) is 13.8. The van der Waals surface area contributed by atoms with Gasteiger partial charge in [0.05, 0.1) is 11.4 Å². The van der Waals surface area contributed by atoms with E-state index in [2.05, 4.69) is 11.4 Å². The Bertz CT molecular complexity index is 937. The standard InChI is InChI=1S/C21H26N2O4S/c1-23(2)28(25,26)20-11-9-19(10-12-20)27-14-13-22-21(24)18-8-7-16-5-3-4-6-17(16)15-18/h7-12,15H,3-6,13-14H2,1-2H3,(H,22,24). The van der Waals surface area contributed by atoms with Gasteiger partial charge in [-0.25, -0.2) is 12.7 Å². The number of aryl methyl sites for hydroxylation is 2. The number of nitrogens with one attached hydrogen (secondary N) is 1. The molecule has 1 aliphatic rings. The molecule has 0 saturated carbocycles. The van der Waals surface area contributed by atoms with Crippen LogP contribution in [0.1, 0.15) is 34.3 Å². The third kappa shape index (κ3) is 4.72. The number of benzene rings is 2. The molecule has 7 heteroatoms. The first-order valence-corrected chi connectivity index (χ1v) is 10.9. The maximum atomic E-state index is 12.3. The van der Waals surface area contributed by atoms with E-state index in [-0.39, 0.29) is 10.8 Å². The van der Waals surface area contributed by atoms with E-state index in [1.54, 1.807) is 12.1 Å². The van der Waals surface area contributed by atoms with Gasteiger partial charge in [-0.3, -0.25) is 4.79 Å². The molecule has 28 heavy (non-hydrogen) atoms. The van der Waals surface area contributed by atoms with E-state index in [0.717, 1.165) is 12.8 Å². The van der Waals surface area contributed by atoms with Gasteiger partial charge >= 0.3 is 0 Å². The molecule has 0 heterocycles. The molecule has 0 aliphatic heterocycles. The molecule has 3 rings (SSSR count). The van der Waals surface area contributed by atoms with Crippen LogP contribution in [-0.2, 0) is 22.9 Å². The van der Waals surface area contributed by atoms with Crippen molar-refractivity contribution in [2.75, 3.05) is 27.2 Å². The molecule has 2 aromatic carbocycles. The number of fused-ring (bicyclic) bond motifs is 1. The lowest BCUT2D eigenvalue weighted by Gasteiger charge is -2.16. The van der Waals surface area contributed by atoms with Crippen LogP contribution in [0, 0.1) is 0 Å². The number of sulfonamides is 1. The van der Waals surface area contributed by atoms with E-state index in [1.165, 1.54) is 54.5 Å². The van der Waals surface area contributed by atoms with Gasteiger partial charge in [0.1, 0.15) is 12.4 Å². The molecule has 150 valence electrons. The second-order valence-electron chi connectivity index (χ2n) is 7.05. The van der Waals surface area contributed by atoms with Gasteiger partial charge in [0, 0.05) is 19.7 Å². The first-order chi connectivity index (χ1) is 13.4. The van der Waals surface area contributed by atoms with Crippen molar-refractivity contribution in [2.45, 2.75) is 30.6 Å². The fourth-order valence-electron chi connectivity index (χ4n) is 3.23. The number of hydrogen-bond donors (Lipinski definition) is 1. The first-order valence-electron chi connectivity index (χ1n) is 9.43. The molecule has 0 fully saturated rings. The Kier molecular flexibility index (Phi) is 6.36. The molecule has 0 spiro atoms. The van der Waals surface area contributed by atoms with Gasteiger partial charge < -0.3 is 10.1 Å². The van der Waals surface area contributed by atoms with Crippen LogP contribution in [0.15, 0.2) is 47.4 Å². The van der Waals surface area contributed by atoms with Crippen molar-refractivity contribution in [1.29, 1.82) is 0 Å². The van der Waals surface area contributed by atoms with Crippen LogP contribution in [0.5, 0.6) is 5.75 Å². The van der Waals surface area contributed by atoms with Gasteiger partial charge in [-0.05, 0) is 73.2 Å². The van der Waals surface area contributed by atoms with Crippen LogP contribution in [0.4, 0.5) is 0 Å². The lowest BCUT2D eigenvalue weighted by molar-refractivity contribution is 0.0947. The van der Waals surface area contributed by atoms with E-state index >= 15 is 0 Å². The molecule has 1 aliphatic carbocycles. The Balaban J connectivity index is 1.48. The van der Waals surface area contributed by atoms with Crippen molar-refractivity contribution in [3.63, 3.8) is 0 Å². The third-order valence-corrected chi connectivity index (χ3v) is 6.70. The molecule has 6 nitrogen and oxygen atoms in total. The van der Waals surface area contributed by atoms with Gasteiger partial charge in [0.2, 0.25) is 10.0 Å². The third-order valence-electron chi connectivity index (χ3n) is 4.87. The zero-order valence-corrected chi connectivity index (χ0v) is 17.1. The van der Waals surface area contributed by atoms with Crippen molar-refractivity contribution < 1.29 is 17.9 Å². The monoisotopic (exact) mass is 402 g/mol. The van der Waals surface area contributed by atoms with E-state index in [9.17, 15) is 13.2 Å². The largest absolute Gasteiger partial charge is 0.492 e. The average Bonchev–Trinajstić information content (AvgIpc) is 2.71. The van der Waals surface area contributed by atoms with Gasteiger partial charge in [-0.15, -0.1) is 0 Å². The quantitative estimate of drug-likeness (QED) is 0.723. The molecule has 0 radical (unpaired) electrons. The Morgan fingerprint density at radius 2 is 1.71 bits per heavy atom. The zero-order valence-electron chi connectivity index (χ0n) is 16.3. The first kappa shape index (κ1) is 20.4. The second-order valence-corrected chi connectivity index (χ2v) is 9.21. The molecule has 2 aromatic rings. The number of hydrogen-bond acceptors (Lipinski definition) is 4. The van der Waals surface area contributed by atoms with E-state index in [4.69, 9.17) is 4.74 Å². The Morgan fingerprint density at radius 1 is 1.04 bits per heavy atom. The van der Waals surface area contributed by atoms with Crippen LogP contribution < -0.4 is 10.1 Å². The summed E-state index contributed by atoms with van der Waals surface area (Å²) >= 11 is 0. The van der Waals surface area contributed by atoms with Crippen LogP contribution in [0.3, 0.4) is 0 Å². The van der Waals surface area contributed by atoms with Gasteiger partial charge in [-0.1, -0.05) is 6.07 Å². The topological polar surface area (TPSA) is 75.7 Å². The predicted molar refractivity (Wildman–Crippen MR) is 108 cm³/mol. The van der Waals surface area contributed by atoms with Crippen molar-refractivity contribution in [2.24, 2.45) is 0 Å². The second kappa shape index (κ2) is 8.75. The number of ether oxygens (including phenoxy) is 1. The SMILES string of the molecule is CN(C)S(=O)(=O)c1ccc(OCCNC(=O)c2ccc3c(c2)CCCC3)cc1. The number of nitrogens with zero attached hydrogens (tertiary/aromatic N) is 1. The van der Waals surface area contributed by atoms with Crippen molar-refractivity contribution >= 4 is 15.9 Å². The van der Waals surface area contributed by atoms with Crippen LogP contribution in [0.2, 0.25) is 0 Å². The van der Waals surface area contributed by atoms with Crippen molar-refractivity contribution in [3.05, 3.63) is 59.2 Å². The van der Waals surface area contributed by atoms with E-state index in [0.29, 0.717) is 24.5 Å². The van der Waals surface area contributed by atoms with Gasteiger partial charge in [0.15, 0.2) is 0 Å². The smallest absolute Gasteiger partial charge is 0.251 e. The highest BCUT2D eigenvalue weighted by atomic mass is 32.2. The number of amides is 1. The molecule has 0 aromatic heterocycles. The van der Waals surface area contributed by atoms with Crippen LogP contribution in [-0.4, -0.2) is 45.9 Å². The van der Waals surface area contributed by atoms with Crippen LogP contribution in [0.25, 0.3) is 0 Å². The summed E-state index contributed by atoms with van der Waals surface area (Å²) in [6, 6.07) is 12.2. The summed E-state index contributed by atoms with van der Waals surface area (Å²) in [5.74, 6) is 0.449. The Hall–Kier alpha value is -2.38. The molecular weight excluding hydrogens is 376 g/mol. The molecular formula is C21H26N2O4S. The van der Waals surface area contributed by atoms with E-state index in [1.807, 2.05) is 12.1 Å². The summed E-state index contributed by atoms with van der Waals surface area (Å²) in [5, 5.41) is 2.86. The van der Waals surface area contributed by atoms with E-state index < -0.39 is 10.0 Å². The fourth-order valence-corrected chi connectivity index (χ4v) is 4.13. The Morgan fingerprint density at radius 3 is 2.39 bits per heavy atom. The lowest BCUT2D eigenvalue weighted by Crippen LogP contribution is -2.28. The maximum absolute atomic E-state index is 12.3. The fraction of sp³-hybridized carbons (Fsp3) is 0.381. The summed E-state index contributed by atoms with van der Waals surface area (Å²) in [6.45, 7) is 0.671. The molecule has 1 amide bonds. The van der Waals surface area contributed by atoms with Gasteiger partial charge in [-0.2, -0.15) is 0 Å². The molecule has 1 N–H and O–H groups in total. The number of carbonyl (C=O) groups is 1. The van der Waals surface area contributed by atoms with Gasteiger partial charge in [0.25, 0.3) is 5.91 Å². The predicted octanol–water partition coefficient (Wildman–Crippen LogP) is 2.62. The summed E-state index contributed by atoms with van der Waals surface area (Å²) in [4.78, 5) is 12.5. The average molecular weight is 403 g/mol. The summed E-state index contributed by atoms with van der Waals surface area (Å²) in [6.07, 6.45) is 4.54. The highest BCUT2D eigenvalue weighted by Crippen LogP contribution is 2.22. The van der Waals surface area contributed by atoms with Crippen molar-refractivity contribution in [3.8, 4) is 5.75 Å². The zero-order chi connectivity index (χ0) is 20.1. The Labute approximate surface area is 166 Å². The minimum atomic E-state index is -3.45. The number of rotatable bonds is 7. The minimum absolute atomic E-state index is 0.107. The minimum Gasteiger partial charge on any atom is -0.492 e. The molecule has 0 saturated heterocycles. The summed E-state index contributed by atoms with van der Waals surface area (Å²) in [7, 11) is -0.465. The molecule has 0 atom stereocenters. The maximum Gasteiger partial charge on any atom is 0.251 e. The highest BCUT2D eigenvalue weighted by molar-refractivity contribution is 7.89. The highest BCUT2D eigenvalue weighted by Gasteiger charge is 2.16. The summed E-state index contributed by atoms with van der Waals surface area (Å²) in [5.41, 5.74) is 3.31. The number of carbonyl (C=O) groups excluding carboxylic acids is 1. The lowest BCUT2D eigenvalue weighted by atomic mass is 9.90. The van der Waals surface area contributed by atoms with Crippen LogP contribution >= 0.6 is 0 Å². The molecule has 0 bridgehead atoms. The molecule has 0 unspecified atom stereocenters. The van der Waals surface area contributed by atoms with Crippen molar-refractivity contribution in [1.82, 2.24) is 9.62 Å². The summed E-state index contributed by atoms with van der Waals surface area (Å²) < 4.78 is 30.8.